The first-order chi connectivity index (χ1) is 7.44. The van der Waals surface area contributed by atoms with Gasteiger partial charge in [-0.25, -0.2) is 4.68 Å². The number of hydrogen-bond donors (Lipinski definition) is 1. The first-order valence-electron chi connectivity index (χ1n) is 4.32. The minimum atomic E-state index is -4.25. The Balaban J connectivity index is 2.58. The van der Waals surface area contributed by atoms with E-state index in [1.807, 2.05) is 0 Å². The lowest BCUT2D eigenvalue weighted by molar-refractivity contribution is -0.105. The third-order valence-corrected chi connectivity index (χ3v) is 2.64. The molecule has 0 aliphatic carbocycles. The van der Waals surface area contributed by atoms with Crippen LogP contribution in [0.5, 0.6) is 0 Å². The number of nitrogens with zero attached hydrogens (tertiary/aromatic N) is 3. The molecule has 1 aromatic heterocycles. The second kappa shape index (κ2) is 5.39. The van der Waals surface area contributed by atoms with Gasteiger partial charge in [0.05, 0.1) is 12.4 Å². The van der Waals surface area contributed by atoms with Crippen molar-refractivity contribution in [3.05, 3.63) is 5.82 Å². The predicted octanol–water partition coefficient (Wildman–Crippen LogP) is 0.835. The average molecular weight is 256 g/mol. The van der Waals surface area contributed by atoms with E-state index in [9.17, 15) is 13.2 Å². The Kier molecular flexibility index (Phi) is 4.42. The number of methoxy groups -OCH3 is 1. The van der Waals surface area contributed by atoms with Crippen LogP contribution in [0.15, 0.2) is 5.16 Å². The number of hydrogen-bond acceptors (Lipinski definition) is 5. The average Bonchev–Trinajstić information content (AvgIpc) is 2.53. The molecule has 1 heterocycles. The normalized spacial score (nSPS) is 12.0. The summed E-state index contributed by atoms with van der Waals surface area (Å²) >= 11 is 0.507. The van der Waals surface area contributed by atoms with Gasteiger partial charge in [-0.3, -0.25) is 0 Å². The molecule has 0 aromatic carbocycles. The number of thioether (sulfide) groups is 1. The van der Waals surface area contributed by atoms with Gasteiger partial charge in [0, 0.05) is 13.5 Å². The summed E-state index contributed by atoms with van der Waals surface area (Å²) in [6.45, 7) is 0.388. The molecule has 1 aromatic rings. The van der Waals surface area contributed by atoms with Gasteiger partial charge in [0.1, 0.15) is 0 Å². The first kappa shape index (κ1) is 13.1. The Morgan fingerprint density at radius 1 is 1.44 bits per heavy atom. The van der Waals surface area contributed by atoms with Crippen LogP contribution in [-0.2, 0) is 11.2 Å². The van der Waals surface area contributed by atoms with Crippen LogP contribution in [-0.4, -0.2) is 40.5 Å². The summed E-state index contributed by atoms with van der Waals surface area (Å²) in [5.74, 6) is 4.88. The molecule has 1 rings (SSSR count). The molecule has 0 amide bonds. The molecule has 0 unspecified atom stereocenters. The fraction of sp³-hybridized carbons (Fsp3) is 0.714. The smallest absolute Gasteiger partial charge is 0.384 e. The molecule has 0 aliphatic heterocycles. The molecule has 0 radical (unpaired) electrons. The standard InChI is InChI=1S/C7H11F3N4OS/c1-15-3-2-5-12-13-6(14(5)11)16-4-7(8,9)10/h2-4,11H2,1H3. The molecular weight excluding hydrogens is 245 g/mol. The minimum Gasteiger partial charge on any atom is -0.384 e. The summed E-state index contributed by atoms with van der Waals surface area (Å²) in [6, 6.07) is 0. The minimum absolute atomic E-state index is 0.0448. The van der Waals surface area contributed by atoms with Crippen LogP contribution >= 0.6 is 11.8 Å². The zero-order valence-electron chi connectivity index (χ0n) is 8.49. The van der Waals surface area contributed by atoms with E-state index in [1.165, 1.54) is 7.11 Å². The number of aromatic nitrogens is 3. The molecule has 0 aliphatic rings. The summed E-state index contributed by atoms with van der Waals surface area (Å²) in [5.41, 5.74) is 0. The van der Waals surface area contributed by atoms with E-state index in [2.05, 4.69) is 10.2 Å². The van der Waals surface area contributed by atoms with Crippen LogP contribution in [0.25, 0.3) is 0 Å². The molecule has 0 fully saturated rings. The topological polar surface area (TPSA) is 66.0 Å². The van der Waals surface area contributed by atoms with E-state index in [0.29, 0.717) is 30.6 Å². The van der Waals surface area contributed by atoms with Crippen molar-refractivity contribution in [2.45, 2.75) is 17.8 Å². The number of halogens is 3. The summed E-state index contributed by atoms with van der Waals surface area (Å²) < 4.78 is 41.7. The zero-order valence-corrected chi connectivity index (χ0v) is 9.31. The van der Waals surface area contributed by atoms with E-state index in [-0.39, 0.29) is 5.16 Å². The third kappa shape index (κ3) is 3.89. The molecule has 2 N–H and O–H groups in total. The molecular formula is C7H11F3N4OS. The maximum absolute atomic E-state index is 11.9. The van der Waals surface area contributed by atoms with Gasteiger partial charge in [-0.1, -0.05) is 11.8 Å². The summed E-state index contributed by atoms with van der Waals surface area (Å²) in [4.78, 5) is 0. The van der Waals surface area contributed by atoms with Crippen LogP contribution in [0.3, 0.4) is 0 Å². The van der Waals surface area contributed by atoms with Gasteiger partial charge in [-0.2, -0.15) is 13.2 Å². The van der Waals surface area contributed by atoms with Gasteiger partial charge >= 0.3 is 6.18 Å². The highest BCUT2D eigenvalue weighted by Gasteiger charge is 2.28. The van der Waals surface area contributed by atoms with E-state index >= 15 is 0 Å². The maximum atomic E-state index is 11.9. The third-order valence-electron chi connectivity index (χ3n) is 1.63. The van der Waals surface area contributed by atoms with Crippen LogP contribution < -0.4 is 5.84 Å². The second-order valence-electron chi connectivity index (χ2n) is 2.92. The van der Waals surface area contributed by atoms with Crippen molar-refractivity contribution in [2.75, 3.05) is 25.3 Å². The lowest BCUT2D eigenvalue weighted by atomic mass is 10.4. The van der Waals surface area contributed by atoms with Gasteiger partial charge in [0.2, 0.25) is 5.16 Å². The van der Waals surface area contributed by atoms with Crippen molar-refractivity contribution >= 4 is 11.8 Å². The highest BCUT2D eigenvalue weighted by atomic mass is 32.2. The molecule has 0 spiro atoms. The number of ether oxygens (including phenoxy) is 1. The SMILES string of the molecule is COCCc1nnc(SCC(F)(F)F)n1N. The Bertz CT molecular complexity index is 341. The summed E-state index contributed by atoms with van der Waals surface area (Å²) in [7, 11) is 1.51. The van der Waals surface area contributed by atoms with E-state index in [0.717, 1.165) is 4.68 Å². The van der Waals surface area contributed by atoms with Crippen molar-refractivity contribution in [1.82, 2.24) is 14.9 Å². The second-order valence-corrected chi connectivity index (χ2v) is 3.86. The van der Waals surface area contributed by atoms with Crippen LogP contribution in [0.2, 0.25) is 0 Å². The molecule has 92 valence electrons. The quantitative estimate of drug-likeness (QED) is 0.624. The van der Waals surface area contributed by atoms with Gasteiger partial charge < -0.3 is 10.6 Å². The van der Waals surface area contributed by atoms with Crippen molar-refractivity contribution in [2.24, 2.45) is 0 Å². The Labute approximate surface area is 94.1 Å². The van der Waals surface area contributed by atoms with Crippen molar-refractivity contribution < 1.29 is 17.9 Å². The van der Waals surface area contributed by atoms with Gasteiger partial charge in [0.15, 0.2) is 5.82 Å². The van der Waals surface area contributed by atoms with Gasteiger partial charge in [-0.15, -0.1) is 10.2 Å². The molecule has 5 nitrogen and oxygen atoms in total. The number of alkyl halides is 3. The molecule has 0 bridgehead atoms. The van der Waals surface area contributed by atoms with E-state index in [1.54, 1.807) is 0 Å². The monoisotopic (exact) mass is 256 g/mol. The Morgan fingerprint density at radius 2 is 2.12 bits per heavy atom. The highest BCUT2D eigenvalue weighted by molar-refractivity contribution is 7.99. The van der Waals surface area contributed by atoms with E-state index in [4.69, 9.17) is 10.6 Å². The van der Waals surface area contributed by atoms with Gasteiger partial charge in [-0.05, 0) is 0 Å². The molecule has 16 heavy (non-hydrogen) atoms. The van der Waals surface area contributed by atoms with Crippen LogP contribution in [0.1, 0.15) is 5.82 Å². The lowest BCUT2D eigenvalue weighted by Crippen LogP contribution is -2.17. The number of nitrogen functional groups attached to an aromatic ring is 1. The fourth-order valence-corrected chi connectivity index (χ4v) is 1.55. The molecule has 0 saturated carbocycles. The Morgan fingerprint density at radius 3 is 2.69 bits per heavy atom. The molecule has 0 atom stereocenters. The number of nitrogens with two attached hydrogens (primary N) is 1. The predicted molar refractivity (Wildman–Crippen MR) is 52.5 cm³/mol. The van der Waals surface area contributed by atoms with E-state index < -0.39 is 11.9 Å². The number of rotatable bonds is 5. The van der Waals surface area contributed by atoms with Crippen molar-refractivity contribution in [3.63, 3.8) is 0 Å². The Hall–Kier alpha value is -0.960. The van der Waals surface area contributed by atoms with Crippen LogP contribution in [0, 0.1) is 0 Å². The van der Waals surface area contributed by atoms with Crippen molar-refractivity contribution in [3.8, 4) is 0 Å². The maximum Gasteiger partial charge on any atom is 0.398 e. The summed E-state index contributed by atoms with van der Waals surface area (Å²) in [6.07, 6.45) is -3.84. The largest absolute Gasteiger partial charge is 0.398 e. The molecule has 9 heteroatoms. The van der Waals surface area contributed by atoms with Crippen LogP contribution in [0.4, 0.5) is 13.2 Å². The van der Waals surface area contributed by atoms with Crippen molar-refractivity contribution in [1.29, 1.82) is 0 Å². The lowest BCUT2D eigenvalue weighted by Gasteiger charge is -2.05. The molecule has 0 saturated heterocycles. The van der Waals surface area contributed by atoms with Gasteiger partial charge in [0.25, 0.3) is 0 Å². The summed E-state index contributed by atoms with van der Waals surface area (Å²) in [5, 5.41) is 7.29. The first-order valence-corrected chi connectivity index (χ1v) is 5.30. The highest BCUT2D eigenvalue weighted by Crippen LogP contribution is 2.25. The zero-order chi connectivity index (χ0) is 12.2. The fourth-order valence-electron chi connectivity index (χ4n) is 0.916.